The van der Waals surface area contributed by atoms with Crippen molar-refractivity contribution in [3.63, 3.8) is 0 Å². The summed E-state index contributed by atoms with van der Waals surface area (Å²) in [6.45, 7) is 3.25. The number of benzene rings is 1. The number of nitro benzene ring substituents is 1. The van der Waals surface area contributed by atoms with E-state index in [4.69, 9.17) is 4.42 Å². The van der Waals surface area contributed by atoms with Gasteiger partial charge in [-0.05, 0) is 36.5 Å². The smallest absolute Gasteiger partial charge is 0.269 e. The molecule has 29 heavy (non-hydrogen) atoms. The summed E-state index contributed by atoms with van der Waals surface area (Å²) in [6, 6.07) is 9.71. The van der Waals surface area contributed by atoms with Crippen molar-refractivity contribution in [2.45, 2.75) is 19.9 Å². The minimum Gasteiger partial charge on any atom is -0.419 e. The second-order valence-electron chi connectivity index (χ2n) is 6.42. The molecule has 0 saturated carbocycles. The molecule has 3 aromatic rings. The van der Waals surface area contributed by atoms with Gasteiger partial charge in [0.2, 0.25) is 11.8 Å². The van der Waals surface area contributed by atoms with Crippen LogP contribution < -0.4 is 4.90 Å². The number of nitrogens with zero attached hydrogens (tertiary/aromatic N) is 5. The molecule has 0 atom stereocenters. The van der Waals surface area contributed by atoms with Gasteiger partial charge in [0.05, 0.1) is 22.9 Å². The number of hydrogen-bond acceptors (Lipinski definition) is 8. The monoisotopic (exact) mass is 415 g/mol. The van der Waals surface area contributed by atoms with Crippen molar-refractivity contribution in [1.29, 1.82) is 0 Å². The van der Waals surface area contributed by atoms with Gasteiger partial charge in [0.15, 0.2) is 0 Å². The maximum absolute atomic E-state index is 12.7. The Morgan fingerprint density at radius 1 is 1.24 bits per heavy atom. The van der Waals surface area contributed by atoms with Gasteiger partial charge < -0.3 is 9.32 Å². The molecule has 9 nitrogen and oxygen atoms in total. The van der Waals surface area contributed by atoms with Gasteiger partial charge in [-0.2, -0.15) is 0 Å². The molecule has 0 aliphatic heterocycles. The van der Waals surface area contributed by atoms with Crippen molar-refractivity contribution < 1.29 is 14.1 Å². The summed E-state index contributed by atoms with van der Waals surface area (Å²) in [4.78, 5) is 27.4. The molecule has 1 amide bonds. The first-order valence-corrected chi connectivity index (χ1v) is 9.95. The van der Waals surface area contributed by atoms with E-state index in [0.29, 0.717) is 30.6 Å². The summed E-state index contributed by atoms with van der Waals surface area (Å²) in [5.41, 5.74) is 0.579. The highest BCUT2D eigenvalue weighted by Crippen LogP contribution is 2.23. The predicted molar refractivity (Wildman–Crippen MR) is 110 cm³/mol. The van der Waals surface area contributed by atoms with Crippen molar-refractivity contribution in [3.8, 4) is 10.8 Å². The van der Waals surface area contributed by atoms with E-state index in [1.54, 1.807) is 19.2 Å². The fraction of sp³-hybridized carbons (Fsp3) is 0.316. The normalized spacial score (nSPS) is 11.0. The number of hydrogen-bond donors (Lipinski definition) is 0. The van der Waals surface area contributed by atoms with Crippen LogP contribution >= 0.6 is 11.3 Å². The third-order valence-electron chi connectivity index (χ3n) is 4.28. The van der Waals surface area contributed by atoms with Crippen molar-refractivity contribution in [3.05, 3.63) is 57.8 Å². The lowest BCUT2D eigenvalue weighted by atomic mass is 10.2. The van der Waals surface area contributed by atoms with Crippen molar-refractivity contribution in [2.24, 2.45) is 0 Å². The van der Waals surface area contributed by atoms with E-state index in [1.165, 1.54) is 28.4 Å². The number of non-ortho nitro benzene ring substituents is 1. The molecule has 2 aromatic heterocycles. The number of likely N-dealkylation sites (N-methyl/N-ethyl adjacent to an activating group) is 1. The Labute approximate surface area is 171 Å². The summed E-state index contributed by atoms with van der Waals surface area (Å²) >= 11 is 1.52. The highest BCUT2D eigenvalue weighted by molar-refractivity contribution is 7.13. The standard InChI is InChI=1S/C19H21N5O4S/c1-3-10-23(12-17-20-21-19(28-17)16-5-4-11-29-16)13-18(25)22(2)14-6-8-15(9-7-14)24(26)27/h4-9,11H,3,10,12-13H2,1-2H3. The first-order valence-electron chi connectivity index (χ1n) is 9.07. The van der Waals surface area contributed by atoms with Crippen molar-refractivity contribution in [2.75, 3.05) is 25.0 Å². The summed E-state index contributed by atoms with van der Waals surface area (Å²) in [5.74, 6) is 0.790. The zero-order chi connectivity index (χ0) is 20.8. The molecule has 0 fully saturated rings. The lowest BCUT2D eigenvalue weighted by Gasteiger charge is -2.23. The first-order chi connectivity index (χ1) is 14.0. The SMILES string of the molecule is CCCN(CC(=O)N(C)c1ccc([N+](=O)[O-])cc1)Cc1nnc(-c2cccs2)o1. The van der Waals surface area contributed by atoms with Crippen LogP contribution in [0.2, 0.25) is 0 Å². The molecular formula is C19H21N5O4S. The average Bonchev–Trinajstić information content (AvgIpc) is 3.39. The van der Waals surface area contributed by atoms with Gasteiger partial charge in [-0.25, -0.2) is 0 Å². The largest absolute Gasteiger partial charge is 0.419 e. The van der Waals surface area contributed by atoms with Crippen LogP contribution in [0.3, 0.4) is 0 Å². The first kappa shape index (κ1) is 20.6. The van der Waals surface area contributed by atoms with Crippen LogP contribution in [0.5, 0.6) is 0 Å². The van der Waals surface area contributed by atoms with Crippen LogP contribution in [0.4, 0.5) is 11.4 Å². The van der Waals surface area contributed by atoms with E-state index in [0.717, 1.165) is 11.3 Å². The van der Waals surface area contributed by atoms with Gasteiger partial charge in [0, 0.05) is 24.9 Å². The second kappa shape index (κ2) is 9.39. The molecule has 3 rings (SSSR count). The molecule has 0 aliphatic carbocycles. The van der Waals surface area contributed by atoms with E-state index in [9.17, 15) is 14.9 Å². The molecule has 0 N–H and O–H groups in total. The Kier molecular flexibility index (Phi) is 6.68. The Morgan fingerprint density at radius 2 is 2.00 bits per heavy atom. The lowest BCUT2D eigenvalue weighted by Crippen LogP contribution is -2.38. The van der Waals surface area contributed by atoms with Gasteiger partial charge in [-0.15, -0.1) is 21.5 Å². The Balaban J connectivity index is 1.64. The van der Waals surface area contributed by atoms with E-state index >= 15 is 0 Å². The Hall–Kier alpha value is -3.11. The quantitative estimate of drug-likeness (QED) is 0.388. The molecule has 152 valence electrons. The second-order valence-corrected chi connectivity index (χ2v) is 7.36. The van der Waals surface area contributed by atoms with Gasteiger partial charge in [0.1, 0.15) is 0 Å². The molecule has 0 spiro atoms. The maximum atomic E-state index is 12.7. The molecule has 10 heteroatoms. The molecule has 0 bridgehead atoms. The zero-order valence-corrected chi connectivity index (χ0v) is 17.0. The number of thiophene rings is 1. The topological polar surface area (TPSA) is 106 Å². The zero-order valence-electron chi connectivity index (χ0n) is 16.1. The van der Waals surface area contributed by atoms with Gasteiger partial charge >= 0.3 is 0 Å². The number of anilines is 1. The number of carbonyl (C=O) groups excluding carboxylic acids is 1. The van der Waals surface area contributed by atoms with Crippen LogP contribution in [0.25, 0.3) is 10.8 Å². The molecular weight excluding hydrogens is 394 g/mol. The van der Waals surface area contributed by atoms with E-state index in [2.05, 4.69) is 10.2 Å². The summed E-state index contributed by atoms with van der Waals surface area (Å²) in [6.07, 6.45) is 0.862. The number of carbonyl (C=O) groups is 1. The van der Waals surface area contributed by atoms with Gasteiger partial charge in [-0.1, -0.05) is 13.0 Å². The van der Waals surface area contributed by atoms with Crippen molar-refractivity contribution >= 4 is 28.6 Å². The molecule has 0 unspecified atom stereocenters. The highest BCUT2D eigenvalue weighted by Gasteiger charge is 2.19. The Bertz CT molecular complexity index is 955. The minimum absolute atomic E-state index is 0.0138. The van der Waals surface area contributed by atoms with Crippen LogP contribution in [-0.4, -0.2) is 46.1 Å². The third-order valence-corrected chi connectivity index (χ3v) is 5.14. The number of amides is 1. The fourth-order valence-corrected chi connectivity index (χ4v) is 3.42. The predicted octanol–water partition coefficient (Wildman–Crippen LogP) is 3.58. The fourth-order valence-electron chi connectivity index (χ4n) is 2.78. The van der Waals surface area contributed by atoms with Gasteiger partial charge in [0.25, 0.3) is 11.6 Å². The van der Waals surface area contributed by atoms with Gasteiger partial charge in [-0.3, -0.25) is 19.8 Å². The Morgan fingerprint density at radius 3 is 2.62 bits per heavy atom. The van der Waals surface area contributed by atoms with E-state index < -0.39 is 4.92 Å². The maximum Gasteiger partial charge on any atom is 0.269 e. The molecule has 2 heterocycles. The minimum atomic E-state index is -0.469. The van der Waals surface area contributed by atoms with Crippen LogP contribution in [0.1, 0.15) is 19.2 Å². The molecule has 0 radical (unpaired) electrons. The number of aromatic nitrogens is 2. The molecule has 0 aliphatic rings. The number of rotatable bonds is 9. The van der Waals surface area contributed by atoms with Crippen molar-refractivity contribution in [1.82, 2.24) is 15.1 Å². The molecule has 0 saturated heterocycles. The van der Waals surface area contributed by atoms with Crippen LogP contribution in [0.15, 0.2) is 46.2 Å². The van der Waals surface area contributed by atoms with E-state index in [-0.39, 0.29) is 18.1 Å². The summed E-state index contributed by atoms with van der Waals surface area (Å²) in [7, 11) is 1.65. The average molecular weight is 415 g/mol. The molecule has 1 aromatic carbocycles. The highest BCUT2D eigenvalue weighted by atomic mass is 32.1. The third kappa shape index (κ3) is 5.24. The summed E-state index contributed by atoms with van der Waals surface area (Å²) in [5, 5.41) is 20.9. The van der Waals surface area contributed by atoms with E-state index in [1.807, 2.05) is 29.3 Å². The lowest BCUT2D eigenvalue weighted by molar-refractivity contribution is -0.384. The van der Waals surface area contributed by atoms with Crippen LogP contribution in [0, 0.1) is 10.1 Å². The number of nitro groups is 1. The summed E-state index contributed by atoms with van der Waals surface area (Å²) < 4.78 is 5.72. The van der Waals surface area contributed by atoms with Crippen LogP contribution in [-0.2, 0) is 11.3 Å².